The SMILES string of the molecule is CC(C)(C)OC(=O)N[C@@H]1CCN(CC2CC2)C1. The van der Waals surface area contributed by atoms with Crippen molar-refractivity contribution in [2.75, 3.05) is 19.6 Å². The first-order valence-corrected chi connectivity index (χ1v) is 6.64. The molecule has 0 aromatic rings. The lowest BCUT2D eigenvalue weighted by molar-refractivity contribution is 0.0506. The molecule has 2 aliphatic rings. The third-order valence-corrected chi connectivity index (χ3v) is 3.21. The van der Waals surface area contributed by atoms with Gasteiger partial charge in [0.2, 0.25) is 0 Å². The van der Waals surface area contributed by atoms with E-state index in [4.69, 9.17) is 4.74 Å². The zero-order valence-corrected chi connectivity index (χ0v) is 11.2. The van der Waals surface area contributed by atoms with Gasteiger partial charge in [0, 0.05) is 25.7 Å². The molecule has 1 saturated carbocycles. The Morgan fingerprint density at radius 2 is 2.06 bits per heavy atom. The standard InChI is InChI=1S/C13H24N2O2/c1-13(2,3)17-12(16)14-11-6-7-15(9-11)8-10-4-5-10/h10-11H,4-9H2,1-3H3,(H,14,16)/t11-/m1/s1. The maximum absolute atomic E-state index is 11.6. The first-order chi connectivity index (χ1) is 7.92. The van der Waals surface area contributed by atoms with Crippen molar-refractivity contribution < 1.29 is 9.53 Å². The number of likely N-dealkylation sites (tertiary alicyclic amines) is 1. The molecule has 1 saturated heterocycles. The fourth-order valence-electron chi connectivity index (χ4n) is 2.26. The van der Waals surface area contributed by atoms with Crippen LogP contribution in [-0.2, 0) is 4.74 Å². The predicted molar refractivity (Wildman–Crippen MR) is 66.9 cm³/mol. The third-order valence-electron chi connectivity index (χ3n) is 3.21. The van der Waals surface area contributed by atoms with Crippen LogP contribution in [-0.4, -0.2) is 42.3 Å². The maximum Gasteiger partial charge on any atom is 0.407 e. The minimum atomic E-state index is -0.406. The molecular formula is C13H24N2O2. The lowest BCUT2D eigenvalue weighted by Gasteiger charge is -2.22. The lowest BCUT2D eigenvalue weighted by Crippen LogP contribution is -2.40. The quantitative estimate of drug-likeness (QED) is 0.820. The van der Waals surface area contributed by atoms with Gasteiger partial charge in [-0.15, -0.1) is 0 Å². The molecule has 4 heteroatoms. The molecule has 1 aliphatic carbocycles. The Kier molecular flexibility index (Phi) is 3.61. The molecule has 1 amide bonds. The number of amides is 1. The van der Waals surface area contributed by atoms with Crippen LogP contribution in [0.1, 0.15) is 40.0 Å². The van der Waals surface area contributed by atoms with Crippen molar-refractivity contribution in [3.63, 3.8) is 0 Å². The molecular weight excluding hydrogens is 216 g/mol. The largest absolute Gasteiger partial charge is 0.444 e. The molecule has 0 aromatic heterocycles. The fraction of sp³-hybridized carbons (Fsp3) is 0.923. The highest BCUT2D eigenvalue weighted by atomic mass is 16.6. The van der Waals surface area contributed by atoms with Crippen molar-refractivity contribution >= 4 is 6.09 Å². The number of hydrogen-bond acceptors (Lipinski definition) is 3. The molecule has 2 fully saturated rings. The number of ether oxygens (including phenoxy) is 1. The van der Waals surface area contributed by atoms with Gasteiger partial charge in [-0.1, -0.05) is 0 Å². The average Bonchev–Trinajstić information content (AvgIpc) is 2.84. The van der Waals surface area contributed by atoms with Crippen molar-refractivity contribution in [2.45, 2.75) is 51.7 Å². The predicted octanol–water partition coefficient (Wildman–Crippen LogP) is 2.00. The van der Waals surface area contributed by atoms with E-state index < -0.39 is 5.60 Å². The molecule has 0 aromatic carbocycles. The fourth-order valence-corrected chi connectivity index (χ4v) is 2.26. The van der Waals surface area contributed by atoms with E-state index in [1.807, 2.05) is 20.8 Å². The molecule has 2 rings (SSSR count). The van der Waals surface area contributed by atoms with E-state index >= 15 is 0 Å². The molecule has 1 heterocycles. The Labute approximate surface area is 104 Å². The van der Waals surface area contributed by atoms with Crippen molar-refractivity contribution in [1.29, 1.82) is 0 Å². The number of nitrogens with zero attached hydrogens (tertiary/aromatic N) is 1. The van der Waals surface area contributed by atoms with Crippen LogP contribution in [0.4, 0.5) is 4.79 Å². The van der Waals surface area contributed by atoms with E-state index in [0.29, 0.717) is 0 Å². The summed E-state index contributed by atoms with van der Waals surface area (Å²) in [4.78, 5) is 14.1. The molecule has 0 radical (unpaired) electrons. The van der Waals surface area contributed by atoms with Crippen LogP contribution in [0.2, 0.25) is 0 Å². The van der Waals surface area contributed by atoms with Crippen LogP contribution in [0.15, 0.2) is 0 Å². The maximum atomic E-state index is 11.6. The Balaban J connectivity index is 1.67. The second kappa shape index (κ2) is 4.84. The van der Waals surface area contributed by atoms with Gasteiger partial charge in [0.15, 0.2) is 0 Å². The van der Waals surface area contributed by atoms with E-state index in [0.717, 1.165) is 25.4 Å². The number of carbonyl (C=O) groups is 1. The summed E-state index contributed by atoms with van der Waals surface area (Å²) < 4.78 is 5.26. The van der Waals surface area contributed by atoms with Gasteiger partial charge >= 0.3 is 6.09 Å². The minimum Gasteiger partial charge on any atom is -0.444 e. The monoisotopic (exact) mass is 240 g/mol. The zero-order valence-electron chi connectivity index (χ0n) is 11.2. The summed E-state index contributed by atoms with van der Waals surface area (Å²) in [6, 6.07) is 0.267. The smallest absolute Gasteiger partial charge is 0.407 e. The molecule has 0 unspecified atom stereocenters. The van der Waals surface area contributed by atoms with Gasteiger partial charge in [-0.2, -0.15) is 0 Å². The summed E-state index contributed by atoms with van der Waals surface area (Å²) in [6.45, 7) is 8.97. The van der Waals surface area contributed by atoms with Gasteiger partial charge in [0.25, 0.3) is 0 Å². The third kappa shape index (κ3) is 4.54. The lowest BCUT2D eigenvalue weighted by atomic mass is 10.2. The molecule has 17 heavy (non-hydrogen) atoms. The first-order valence-electron chi connectivity index (χ1n) is 6.64. The topological polar surface area (TPSA) is 41.6 Å². The van der Waals surface area contributed by atoms with Crippen molar-refractivity contribution in [2.24, 2.45) is 5.92 Å². The van der Waals surface area contributed by atoms with Gasteiger partial charge in [-0.05, 0) is 46.0 Å². The van der Waals surface area contributed by atoms with Gasteiger partial charge in [-0.3, -0.25) is 0 Å². The van der Waals surface area contributed by atoms with Crippen LogP contribution in [0.3, 0.4) is 0 Å². The second-order valence-electron chi connectivity index (χ2n) is 6.33. The van der Waals surface area contributed by atoms with E-state index in [-0.39, 0.29) is 12.1 Å². The number of nitrogens with one attached hydrogen (secondary N) is 1. The molecule has 1 atom stereocenters. The van der Waals surface area contributed by atoms with Gasteiger partial charge in [0.1, 0.15) is 5.60 Å². The molecule has 98 valence electrons. The number of carbonyl (C=O) groups excluding carboxylic acids is 1. The Morgan fingerprint density at radius 3 is 2.65 bits per heavy atom. The Hall–Kier alpha value is -0.770. The molecule has 1 N–H and O–H groups in total. The summed E-state index contributed by atoms with van der Waals surface area (Å²) >= 11 is 0. The molecule has 4 nitrogen and oxygen atoms in total. The van der Waals surface area contributed by atoms with Crippen LogP contribution < -0.4 is 5.32 Å². The van der Waals surface area contributed by atoms with Crippen molar-refractivity contribution in [3.8, 4) is 0 Å². The van der Waals surface area contributed by atoms with E-state index in [1.54, 1.807) is 0 Å². The van der Waals surface area contributed by atoms with E-state index in [1.165, 1.54) is 19.4 Å². The normalized spacial score (nSPS) is 25.9. The van der Waals surface area contributed by atoms with Gasteiger partial charge in [-0.25, -0.2) is 4.79 Å². The summed E-state index contributed by atoms with van der Waals surface area (Å²) in [5.74, 6) is 0.926. The first kappa shape index (κ1) is 12.7. The minimum absolute atomic E-state index is 0.267. The van der Waals surface area contributed by atoms with E-state index in [2.05, 4.69) is 10.2 Å². The summed E-state index contributed by atoms with van der Waals surface area (Å²) in [6.07, 6.45) is 3.54. The summed E-state index contributed by atoms with van der Waals surface area (Å²) in [7, 11) is 0. The highest BCUT2D eigenvalue weighted by molar-refractivity contribution is 5.68. The molecule has 0 spiro atoms. The van der Waals surface area contributed by atoms with E-state index in [9.17, 15) is 4.79 Å². The average molecular weight is 240 g/mol. The zero-order chi connectivity index (χ0) is 12.5. The molecule has 0 bridgehead atoms. The number of rotatable bonds is 3. The number of alkyl carbamates (subject to hydrolysis) is 1. The van der Waals surface area contributed by atoms with Gasteiger partial charge in [0.05, 0.1) is 0 Å². The summed E-state index contributed by atoms with van der Waals surface area (Å²) in [5.41, 5.74) is -0.406. The molecule has 1 aliphatic heterocycles. The number of hydrogen-bond donors (Lipinski definition) is 1. The van der Waals surface area contributed by atoms with Crippen LogP contribution >= 0.6 is 0 Å². The Morgan fingerprint density at radius 1 is 1.35 bits per heavy atom. The highest BCUT2D eigenvalue weighted by Gasteiger charge is 2.30. The summed E-state index contributed by atoms with van der Waals surface area (Å²) in [5, 5.41) is 2.96. The van der Waals surface area contributed by atoms with Gasteiger partial charge < -0.3 is 15.0 Å². The second-order valence-corrected chi connectivity index (χ2v) is 6.33. The van der Waals surface area contributed by atoms with Crippen LogP contribution in [0.5, 0.6) is 0 Å². The van der Waals surface area contributed by atoms with Crippen LogP contribution in [0, 0.1) is 5.92 Å². The van der Waals surface area contributed by atoms with Crippen molar-refractivity contribution in [3.05, 3.63) is 0 Å². The Bertz CT molecular complexity index is 282. The van der Waals surface area contributed by atoms with Crippen LogP contribution in [0.25, 0.3) is 0 Å². The highest BCUT2D eigenvalue weighted by Crippen LogP contribution is 2.30. The van der Waals surface area contributed by atoms with Crippen molar-refractivity contribution in [1.82, 2.24) is 10.2 Å².